The molecule has 3 rings (SSSR count). The third kappa shape index (κ3) is 2.79. The molecular formula is C20H23N3. The number of hydrogen-bond donors (Lipinski definition) is 1. The second-order valence-corrected chi connectivity index (χ2v) is 6.74. The Morgan fingerprint density at radius 3 is 2.43 bits per heavy atom. The van der Waals surface area contributed by atoms with E-state index in [9.17, 15) is 0 Å². The van der Waals surface area contributed by atoms with Crippen LogP contribution in [0.15, 0.2) is 53.7 Å². The Bertz CT molecular complexity index is 783. The number of anilines is 1. The van der Waals surface area contributed by atoms with Crippen molar-refractivity contribution in [3.63, 3.8) is 0 Å². The standard InChI is InChI=1S/C20H23N3/c1-13-6-7-15(19-14(2)20(3,4)12-23-19)10-17(13)16-8-9-18(21-5)22-11-16/h6-11H,2,12H2,1,3-5H3,(H,21,22). The fourth-order valence-electron chi connectivity index (χ4n) is 2.83. The molecule has 0 fully saturated rings. The van der Waals surface area contributed by atoms with Gasteiger partial charge in [-0.3, -0.25) is 4.99 Å². The van der Waals surface area contributed by atoms with Crippen LogP contribution in [0.5, 0.6) is 0 Å². The summed E-state index contributed by atoms with van der Waals surface area (Å²) in [7, 11) is 1.87. The average Bonchev–Trinajstić information content (AvgIpc) is 2.82. The number of aliphatic imine (C=N–C) groups is 1. The number of nitrogens with zero attached hydrogens (tertiary/aromatic N) is 2. The van der Waals surface area contributed by atoms with Crippen molar-refractivity contribution >= 4 is 11.5 Å². The first-order valence-electron chi connectivity index (χ1n) is 7.92. The van der Waals surface area contributed by atoms with Crippen LogP contribution in [0.3, 0.4) is 0 Å². The molecule has 0 saturated carbocycles. The molecule has 2 heterocycles. The molecule has 0 spiro atoms. The minimum Gasteiger partial charge on any atom is -0.373 e. The molecule has 23 heavy (non-hydrogen) atoms. The largest absolute Gasteiger partial charge is 0.373 e. The van der Waals surface area contributed by atoms with Crippen LogP contribution in [0.1, 0.15) is 25.0 Å². The van der Waals surface area contributed by atoms with E-state index >= 15 is 0 Å². The van der Waals surface area contributed by atoms with E-state index in [4.69, 9.17) is 4.99 Å². The zero-order valence-corrected chi connectivity index (χ0v) is 14.3. The highest BCUT2D eigenvalue weighted by molar-refractivity contribution is 6.14. The van der Waals surface area contributed by atoms with Gasteiger partial charge in [-0.25, -0.2) is 4.98 Å². The van der Waals surface area contributed by atoms with Gasteiger partial charge in [0.15, 0.2) is 0 Å². The maximum Gasteiger partial charge on any atom is 0.125 e. The monoisotopic (exact) mass is 305 g/mol. The molecule has 1 aromatic carbocycles. The van der Waals surface area contributed by atoms with Crippen LogP contribution >= 0.6 is 0 Å². The molecular weight excluding hydrogens is 282 g/mol. The molecule has 0 amide bonds. The second-order valence-electron chi connectivity index (χ2n) is 6.74. The Morgan fingerprint density at radius 2 is 1.87 bits per heavy atom. The summed E-state index contributed by atoms with van der Waals surface area (Å²) in [4.78, 5) is 9.14. The van der Waals surface area contributed by atoms with Gasteiger partial charge in [0.2, 0.25) is 0 Å². The van der Waals surface area contributed by atoms with Gasteiger partial charge in [0, 0.05) is 36.3 Å². The van der Waals surface area contributed by atoms with Gasteiger partial charge in [0.25, 0.3) is 0 Å². The van der Waals surface area contributed by atoms with E-state index in [2.05, 4.69) is 61.9 Å². The lowest BCUT2D eigenvalue weighted by atomic mass is 9.83. The van der Waals surface area contributed by atoms with Crippen LogP contribution in [0, 0.1) is 12.3 Å². The summed E-state index contributed by atoms with van der Waals surface area (Å²) < 4.78 is 0. The first-order valence-corrected chi connectivity index (χ1v) is 7.92. The number of nitrogens with one attached hydrogen (secondary N) is 1. The summed E-state index contributed by atoms with van der Waals surface area (Å²) in [6.07, 6.45) is 1.91. The number of benzene rings is 1. The van der Waals surface area contributed by atoms with E-state index < -0.39 is 0 Å². The van der Waals surface area contributed by atoms with Crippen molar-refractivity contribution in [2.24, 2.45) is 10.4 Å². The van der Waals surface area contributed by atoms with Crippen LogP contribution in [-0.2, 0) is 0 Å². The van der Waals surface area contributed by atoms with Gasteiger partial charge < -0.3 is 5.32 Å². The minimum atomic E-state index is 0.0520. The van der Waals surface area contributed by atoms with Crippen LogP contribution in [0.25, 0.3) is 11.1 Å². The second kappa shape index (κ2) is 5.65. The van der Waals surface area contributed by atoms with Gasteiger partial charge in [0.05, 0.1) is 5.71 Å². The van der Waals surface area contributed by atoms with Crippen molar-refractivity contribution in [1.29, 1.82) is 0 Å². The van der Waals surface area contributed by atoms with Crippen LogP contribution in [0.2, 0.25) is 0 Å². The molecule has 0 saturated heterocycles. The first kappa shape index (κ1) is 15.5. The fraction of sp³-hybridized carbons (Fsp3) is 0.300. The highest BCUT2D eigenvalue weighted by Gasteiger charge is 2.31. The Balaban J connectivity index is 2.01. The van der Waals surface area contributed by atoms with Crippen molar-refractivity contribution in [1.82, 2.24) is 4.98 Å². The van der Waals surface area contributed by atoms with Gasteiger partial charge in [-0.1, -0.05) is 32.6 Å². The zero-order valence-electron chi connectivity index (χ0n) is 14.3. The zero-order chi connectivity index (χ0) is 16.6. The maximum atomic E-state index is 4.72. The van der Waals surface area contributed by atoms with E-state index in [0.717, 1.165) is 34.8 Å². The highest BCUT2D eigenvalue weighted by atomic mass is 14.9. The molecule has 1 aromatic heterocycles. The van der Waals surface area contributed by atoms with Gasteiger partial charge in [-0.15, -0.1) is 0 Å². The molecule has 2 aromatic rings. The number of aryl methyl sites for hydroxylation is 1. The molecule has 3 nitrogen and oxygen atoms in total. The molecule has 0 bridgehead atoms. The predicted octanol–water partition coefficient (Wildman–Crippen LogP) is 4.48. The lowest BCUT2D eigenvalue weighted by molar-refractivity contribution is 0.502. The number of rotatable bonds is 3. The molecule has 118 valence electrons. The number of pyridine rings is 1. The molecule has 1 aliphatic heterocycles. The van der Waals surface area contributed by atoms with Crippen molar-refractivity contribution in [3.8, 4) is 11.1 Å². The first-order chi connectivity index (χ1) is 10.9. The molecule has 0 radical (unpaired) electrons. The van der Waals surface area contributed by atoms with Crippen molar-refractivity contribution in [2.45, 2.75) is 20.8 Å². The molecule has 3 heteroatoms. The van der Waals surface area contributed by atoms with Crippen LogP contribution in [0.4, 0.5) is 5.82 Å². The third-order valence-electron chi connectivity index (χ3n) is 4.58. The lowest BCUT2D eigenvalue weighted by Crippen LogP contribution is -2.16. The molecule has 1 N–H and O–H groups in total. The van der Waals surface area contributed by atoms with Crippen LogP contribution in [-0.4, -0.2) is 24.3 Å². The van der Waals surface area contributed by atoms with Crippen molar-refractivity contribution in [3.05, 3.63) is 59.8 Å². The fourth-order valence-corrected chi connectivity index (χ4v) is 2.83. The summed E-state index contributed by atoms with van der Waals surface area (Å²) in [6, 6.07) is 10.6. The van der Waals surface area contributed by atoms with Gasteiger partial charge in [-0.05, 0) is 41.8 Å². The summed E-state index contributed by atoms with van der Waals surface area (Å²) >= 11 is 0. The third-order valence-corrected chi connectivity index (χ3v) is 4.58. The molecule has 0 aliphatic carbocycles. The smallest absolute Gasteiger partial charge is 0.125 e. The number of hydrogen-bond acceptors (Lipinski definition) is 3. The van der Waals surface area contributed by atoms with E-state index in [-0.39, 0.29) is 5.41 Å². The average molecular weight is 305 g/mol. The highest BCUT2D eigenvalue weighted by Crippen LogP contribution is 2.35. The SMILES string of the molecule is C=C1C(c2ccc(C)c(-c3ccc(NC)nc3)c2)=NCC1(C)C. The Morgan fingerprint density at radius 1 is 1.13 bits per heavy atom. The minimum absolute atomic E-state index is 0.0520. The lowest BCUT2D eigenvalue weighted by Gasteiger charge is -2.19. The summed E-state index contributed by atoms with van der Waals surface area (Å²) in [5.41, 5.74) is 6.89. The Kier molecular flexibility index (Phi) is 3.80. The van der Waals surface area contributed by atoms with E-state index in [1.807, 2.05) is 19.3 Å². The van der Waals surface area contributed by atoms with Crippen LogP contribution < -0.4 is 5.32 Å². The van der Waals surface area contributed by atoms with Gasteiger partial charge in [0.1, 0.15) is 5.82 Å². The van der Waals surface area contributed by atoms with Gasteiger partial charge in [-0.2, -0.15) is 0 Å². The topological polar surface area (TPSA) is 37.3 Å². The van der Waals surface area contributed by atoms with E-state index in [1.165, 1.54) is 11.1 Å². The van der Waals surface area contributed by atoms with Crippen molar-refractivity contribution in [2.75, 3.05) is 18.9 Å². The predicted molar refractivity (Wildman–Crippen MR) is 98.3 cm³/mol. The quantitative estimate of drug-likeness (QED) is 0.907. The maximum absolute atomic E-state index is 4.72. The Labute approximate surface area is 138 Å². The molecule has 0 atom stereocenters. The normalized spacial score (nSPS) is 16.3. The summed E-state index contributed by atoms with van der Waals surface area (Å²) in [6.45, 7) is 11.6. The summed E-state index contributed by atoms with van der Waals surface area (Å²) in [5.74, 6) is 0.873. The summed E-state index contributed by atoms with van der Waals surface area (Å²) in [5, 5.41) is 3.05. The van der Waals surface area contributed by atoms with E-state index in [0.29, 0.717) is 0 Å². The number of aromatic nitrogens is 1. The van der Waals surface area contributed by atoms with E-state index in [1.54, 1.807) is 0 Å². The van der Waals surface area contributed by atoms with Gasteiger partial charge >= 0.3 is 0 Å². The van der Waals surface area contributed by atoms with Crippen molar-refractivity contribution < 1.29 is 0 Å². The Hall–Kier alpha value is -2.42. The molecule has 1 aliphatic rings. The molecule has 0 unspecified atom stereocenters.